The Kier molecular flexibility index (Phi) is 4.34. The summed E-state index contributed by atoms with van der Waals surface area (Å²) in [5.41, 5.74) is 6.15. The van der Waals surface area contributed by atoms with Gasteiger partial charge >= 0.3 is 0 Å². The summed E-state index contributed by atoms with van der Waals surface area (Å²) in [4.78, 5) is -0.0515. The third-order valence-corrected chi connectivity index (χ3v) is 4.42. The van der Waals surface area contributed by atoms with Crippen molar-refractivity contribution in [3.63, 3.8) is 0 Å². The van der Waals surface area contributed by atoms with E-state index in [2.05, 4.69) is 4.72 Å². The van der Waals surface area contributed by atoms with Crippen LogP contribution in [0.15, 0.2) is 41.3 Å². The van der Waals surface area contributed by atoms with E-state index in [1.807, 2.05) is 0 Å². The summed E-state index contributed by atoms with van der Waals surface area (Å²) < 4.78 is 26.8. The highest BCUT2D eigenvalue weighted by Gasteiger charge is 2.17. The first-order chi connectivity index (χ1) is 9.28. The molecule has 4 nitrogen and oxygen atoms in total. The van der Waals surface area contributed by atoms with Crippen LogP contribution in [0, 0.1) is 0 Å². The van der Waals surface area contributed by atoms with E-state index in [1.54, 1.807) is 0 Å². The minimum atomic E-state index is -3.84. The lowest BCUT2D eigenvalue weighted by Gasteiger charge is -2.11. The van der Waals surface area contributed by atoms with Crippen molar-refractivity contribution in [3.8, 4) is 0 Å². The molecule has 20 heavy (non-hydrogen) atoms. The van der Waals surface area contributed by atoms with Gasteiger partial charge in [-0.1, -0.05) is 34.8 Å². The van der Waals surface area contributed by atoms with Crippen LogP contribution in [0.3, 0.4) is 0 Å². The van der Waals surface area contributed by atoms with Crippen LogP contribution < -0.4 is 10.5 Å². The van der Waals surface area contributed by atoms with Gasteiger partial charge in [0.05, 0.1) is 16.3 Å². The number of nitrogens with two attached hydrogens (primary N) is 1. The van der Waals surface area contributed by atoms with Gasteiger partial charge in [-0.15, -0.1) is 0 Å². The van der Waals surface area contributed by atoms with Gasteiger partial charge in [-0.05, 0) is 36.4 Å². The fraction of sp³-hybridized carbons (Fsp3) is 0. The molecular formula is C12H9Cl3N2O2S. The van der Waals surface area contributed by atoms with Crippen LogP contribution >= 0.6 is 34.8 Å². The van der Waals surface area contributed by atoms with Crippen LogP contribution in [0.4, 0.5) is 11.4 Å². The van der Waals surface area contributed by atoms with Crippen molar-refractivity contribution in [2.24, 2.45) is 0 Å². The quantitative estimate of drug-likeness (QED) is 0.820. The monoisotopic (exact) mass is 350 g/mol. The number of nitrogen functional groups attached to an aromatic ring is 1. The number of rotatable bonds is 3. The molecule has 8 heteroatoms. The van der Waals surface area contributed by atoms with Crippen LogP contribution in [-0.4, -0.2) is 8.42 Å². The molecule has 2 rings (SSSR count). The maximum Gasteiger partial charge on any atom is 0.262 e. The van der Waals surface area contributed by atoms with E-state index < -0.39 is 10.0 Å². The first-order valence-electron chi connectivity index (χ1n) is 5.32. The predicted molar refractivity (Wildman–Crippen MR) is 83.1 cm³/mol. The molecule has 0 heterocycles. The molecule has 0 aromatic heterocycles. The van der Waals surface area contributed by atoms with Gasteiger partial charge in [0.25, 0.3) is 10.0 Å². The number of hydrogen-bond donors (Lipinski definition) is 2. The average molecular weight is 352 g/mol. The molecule has 0 spiro atoms. The van der Waals surface area contributed by atoms with Crippen molar-refractivity contribution in [1.82, 2.24) is 0 Å². The first kappa shape index (κ1) is 15.3. The second-order valence-corrected chi connectivity index (χ2v) is 6.93. The fourth-order valence-corrected chi connectivity index (χ4v) is 3.51. The molecule has 0 saturated heterocycles. The highest BCUT2D eigenvalue weighted by Crippen LogP contribution is 2.27. The number of benzene rings is 2. The Balaban J connectivity index is 2.40. The van der Waals surface area contributed by atoms with Gasteiger partial charge < -0.3 is 5.73 Å². The summed E-state index contributed by atoms with van der Waals surface area (Å²) in [7, 11) is -3.84. The maximum atomic E-state index is 12.2. The zero-order valence-corrected chi connectivity index (χ0v) is 13.0. The molecule has 0 fully saturated rings. The Hall–Kier alpha value is -1.14. The van der Waals surface area contributed by atoms with Gasteiger partial charge in [-0.25, -0.2) is 8.42 Å². The van der Waals surface area contributed by atoms with E-state index in [-0.39, 0.29) is 26.3 Å². The molecular weight excluding hydrogens is 343 g/mol. The lowest BCUT2D eigenvalue weighted by atomic mass is 10.3. The molecule has 106 valence electrons. The van der Waals surface area contributed by atoms with Gasteiger partial charge in [-0.3, -0.25) is 4.72 Å². The number of nitrogens with one attached hydrogen (secondary N) is 1. The van der Waals surface area contributed by atoms with Gasteiger partial charge in [0, 0.05) is 15.1 Å². The third kappa shape index (κ3) is 3.49. The third-order valence-electron chi connectivity index (χ3n) is 2.40. The van der Waals surface area contributed by atoms with Crippen molar-refractivity contribution in [2.45, 2.75) is 4.90 Å². The molecule has 0 aliphatic rings. The smallest absolute Gasteiger partial charge is 0.262 e. The normalized spacial score (nSPS) is 11.3. The van der Waals surface area contributed by atoms with Gasteiger partial charge in [0.1, 0.15) is 0 Å². The molecule has 0 amide bonds. The molecule has 0 unspecified atom stereocenters. The van der Waals surface area contributed by atoms with E-state index in [0.717, 1.165) is 0 Å². The van der Waals surface area contributed by atoms with Crippen LogP contribution in [0.2, 0.25) is 15.1 Å². The van der Waals surface area contributed by atoms with Gasteiger partial charge in [0.2, 0.25) is 0 Å². The number of hydrogen-bond acceptors (Lipinski definition) is 3. The van der Waals surface area contributed by atoms with Crippen molar-refractivity contribution in [1.29, 1.82) is 0 Å². The van der Waals surface area contributed by atoms with Crippen molar-refractivity contribution in [3.05, 3.63) is 51.5 Å². The molecule has 0 atom stereocenters. The summed E-state index contributed by atoms with van der Waals surface area (Å²) in [6.45, 7) is 0. The van der Waals surface area contributed by atoms with Crippen LogP contribution in [-0.2, 0) is 10.0 Å². The molecule has 0 bridgehead atoms. The van der Waals surface area contributed by atoms with E-state index in [0.29, 0.717) is 5.02 Å². The Morgan fingerprint density at radius 2 is 1.50 bits per heavy atom. The standard InChI is InChI=1S/C12H9Cl3N2O2S/c13-7-1-2-12(11(16)6-7)17-20(18,19)10-4-8(14)3-9(15)5-10/h1-6,17H,16H2. The minimum absolute atomic E-state index is 0.0515. The van der Waals surface area contributed by atoms with Crippen LogP contribution in [0.1, 0.15) is 0 Å². The molecule has 2 aromatic carbocycles. The zero-order valence-electron chi connectivity index (χ0n) is 9.90. The zero-order chi connectivity index (χ0) is 14.9. The fourth-order valence-electron chi connectivity index (χ4n) is 1.51. The van der Waals surface area contributed by atoms with Crippen molar-refractivity contribution < 1.29 is 8.42 Å². The van der Waals surface area contributed by atoms with Crippen molar-refractivity contribution in [2.75, 3.05) is 10.5 Å². The first-order valence-corrected chi connectivity index (χ1v) is 7.93. The number of sulfonamides is 1. The Morgan fingerprint density at radius 3 is 2.05 bits per heavy atom. The van der Waals surface area contributed by atoms with E-state index in [4.69, 9.17) is 40.5 Å². The largest absolute Gasteiger partial charge is 0.397 e. The molecule has 0 aliphatic carbocycles. The molecule has 0 saturated carbocycles. The van der Waals surface area contributed by atoms with Crippen LogP contribution in [0.5, 0.6) is 0 Å². The lowest BCUT2D eigenvalue weighted by Crippen LogP contribution is -2.14. The minimum Gasteiger partial charge on any atom is -0.397 e. The summed E-state index contributed by atoms with van der Waals surface area (Å²) >= 11 is 17.3. The van der Waals surface area contributed by atoms with Crippen molar-refractivity contribution >= 4 is 56.2 Å². The summed E-state index contributed by atoms with van der Waals surface area (Å²) in [6, 6.07) is 8.48. The highest BCUT2D eigenvalue weighted by atomic mass is 35.5. The van der Waals surface area contributed by atoms with Gasteiger partial charge in [-0.2, -0.15) is 0 Å². The topological polar surface area (TPSA) is 72.2 Å². The Labute approximate surface area is 131 Å². The SMILES string of the molecule is Nc1cc(Cl)ccc1NS(=O)(=O)c1cc(Cl)cc(Cl)c1. The number of halogens is 3. The number of anilines is 2. The van der Waals surface area contributed by atoms with Gasteiger partial charge in [0.15, 0.2) is 0 Å². The van der Waals surface area contributed by atoms with E-state index >= 15 is 0 Å². The maximum absolute atomic E-state index is 12.2. The van der Waals surface area contributed by atoms with Crippen LogP contribution in [0.25, 0.3) is 0 Å². The lowest BCUT2D eigenvalue weighted by molar-refractivity contribution is 0.601. The summed E-state index contributed by atoms with van der Waals surface area (Å²) in [6.07, 6.45) is 0. The second kappa shape index (κ2) is 5.69. The average Bonchev–Trinajstić information content (AvgIpc) is 2.31. The summed E-state index contributed by atoms with van der Waals surface area (Å²) in [5, 5.41) is 0.861. The van der Waals surface area contributed by atoms with E-state index in [9.17, 15) is 8.42 Å². The predicted octanol–water partition coefficient (Wildman–Crippen LogP) is 4.03. The van der Waals surface area contributed by atoms with E-state index in [1.165, 1.54) is 36.4 Å². The molecule has 3 N–H and O–H groups in total. The Bertz CT molecular complexity index is 743. The molecule has 0 aliphatic heterocycles. The highest BCUT2D eigenvalue weighted by molar-refractivity contribution is 7.92. The summed E-state index contributed by atoms with van der Waals surface area (Å²) in [5.74, 6) is 0. The molecule has 0 radical (unpaired) electrons. The second-order valence-electron chi connectivity index (χ2n) is 3.94. The Morgan fingerprint density at radius 1 is 0.900 bits per heavy atom. The molecule has 2 aromatic rings.